The molecule has 6 heteroatoms. The van der Waals surface area contributed by atoms with Crippen molar-refractivity contribution in [2.24, 2.45) is 5.73 Å². The highest BCUT2D eigenvalue weighted by atomic mass is 19.1. The van der Waals surface area contributed by atoms with Gasteiger partial charge in [-0.05, 0) is 47.0 Å². The molecule has 0 saturated carbocycles. The molecule has 5 N–H and O–H groups in total. The second kappa shape index (κ2) is 7.78. The number of carbonyl (C=O) groups excluding carboxylic acids is 1. The number of nitrogen functional groups attached to an aromatic ring is 1. The van der Waals surface area contributed by atoms with Crippen LogP contribution in [-0.2, 0) is 6.42 Å². The molecule has 0 aromatic heterocycles. The molecular weight excluding hydrogens is 345 g/mol. The normalized spacial score (nSPS) is 10.4. The van der Waals surface area contributed by atoms with Gasteiger partial charge in [-0.3, -0.25) is 0 Å². The number of nitrogens with two attached hydrogens (primary N) is 2. The number of methoxy groups -OCH3 is 1. The van der Waals surface area contributed by atoms with Crippen LogP contribution in [0.4, 0.5) is 20.6 Å². The van der Waals surface area contributed by atoms with Crippen molar-refractivity contribution < 1.29 is 13.9 Å². The van der Waals surface area contributed by atoms with Crippen LogP contribution in [0.3, 0.4) is 0 Å². The highest BCUT2D eigenvalue weighted by Crippen LogP contribution is 2.35. The fourth-order valence-electron chi connectivity index (χ4n) is 2.94. The zero-order valence-electron chi connectivity index (χ0n) is 14.8. The molecule has 2 amide bonds. The van der Waals surface area contributed by atoms with Gasteiger partial charge in [0.2, 0.25) is 0 Å². The van der Waals surface area contributed by atoms with Gasteiger partial charge in [0.05, 0.1) is 12.7 Å². The lowest BCUT2D eigenvalue weighted by Gasteiger charge is -2.14. The first-order valence-electron chi connectivity index (χ1n) is 8.34. The summed E-state index contributed by atoms with van der Waals surface area (Å²) in [6.45, 7) is 0. The average molecular weight is 365 g/mol. The maximum Gasteiger partial charge on any atom is 0.316 e. The maximum atomic E-state index is 15.3. The Bertz CT molecular complexity index is 972. The second-order valence-corrected chi connectivity index (χ2v) is 6.10. The molecule has 3 aromatic carbocycles. The van der Waals surface area contributed by atoms with Crippen LogP contribution in [0.2, 0.25) is 0 Å². The van der Waals surface area contributed by atoms with Gasteiger partial charge in [0.1, 0.15) is 11.6 Å². The van der Waals surface area contributed by atoms with E-state index in [9.17, 15) is 4.79 Å². The Morgan fingerprint density at radius 1 is 1.11 bits per heavy atom. The van der Waals surface area contributed by atoms with Gasteiger partial charge >= 0.3 is 6.03 Å². The molecule has 27 heavy (non-hydrogen) atoms. The number of rotatable bonds is 5. The molecule has 5 nitrogen and oxygen atoms in total. The molecule has 0 spiro atoms. The first kappa shape index (κ1) is 18.3. The minimum Gasteiger partial charge on any atom is -0.496 e. The molecule has 3 aromatic rings. The van der Waals surface area contributed by atoms with E-state index in [4.69, 9.17) is 16.2 Å². The van der Waals surface area contributed by atoms with Crippen molar-refractivity contribution in [1.82, 2.24) is 0 Å². The smallest absolute Gasteiger partial charge is 0.316 e. The van der Waals surface area contributed by atoms with Gasteiger partial charge in [-0.15, -0.1) is 0 Å². The summed E-state index contributed by atoms with van der Waals surface area (Å²) in [7, 11) is 1.51. The summed E-state index contributed by atoms with van der Waals surface area (Å²) in [6.07, 6.45) is 0.391. The van der Waals surface area contributed by atoms with E-state index in [1.165, 1.54) is 7.11 Å². The van der Waals surface area contributed by atoms with E-state index in [1.807, 2.05) is 12.1 Å². The van der Waals surface area contributed by atoms with E-state index in [2.05, 4.69) is 5.32 Å². The van der Waals surface area contributed by atoms with Crippen molar-refractivity contribution >= 4 is 17.4 Å². The third-order valence-electron chi connectivity index (χ3n) is 4.19. The number of hydrogen-bond donors (Lipinski definition) is 3. The molecule has 0 aliphatic carbocycles. The minimum atomic E-state index is -0.629. The minimum absolute atomic E-state index is 0.348. The number of anilines is 2. The summed E-state index contributed by atoms with van der Waals surface area (Å²) in [5.74, 6) is 0.0992. The zero-order chi connectivity index (χ0) is 19.4. The molecule has 0 unspecified atom stereocenters. The van der Waals surface area contributed by atoms with Gasteiger partial charge in [-0.25, -0.2) is 9.18 Å². The predicted molar refractivity (Wildman–Crippen MR) is 105 cm³/mol. The summed E-state index contributed by atoms with van der Waals surface area (Å²) in [4.78, 5) is 10.9. The lowest BCUT2D eigenvalue weighted by Crippen LogP contribution is -2.19. The van der Waals surface area contributed by atoms with E-state index < -0.39 is 6.03 Å². The Morgan fingerprint density at radius 2 is 1.85 bits per heavy atom. The summed E-state index contributed by atoms with van der Waals surface area (Å²) >= 11 is 0. The first-order valence-corrected chi connectivity index (χ1v) is 8.34. The standard InChI is InChI=1S/C21H20FN3O2/c1-27-18-10-7-15(11-13-5-8-17(9-6-13)25-21(24)26)20(22)19(18)14-3-2-4-16(23)12-14/h2-10,12H,11,23H2,1H3,(H3,24,25,26). The number of ether oxygens (including phenoxy) is 1. The molecule has 0 aliphatic rings. The van der Waals surface area contributed by atoms with Crippen LogP contribution in [0.5, 0.6) is 5.75 Å². The second-order valence-electron chi connectivity index (χ2n) is 6.10. The fourth-order valence-corrected chi connectivity index (χ4v) is 2.94. The number of nitrogens with one attached hydrogen (secondary N) is 1. The van der Waals surface area contributed by atoms with E-state index in [-0.39, 0.29) is 5.82 Å². The molecule has 0 aliphatic heterocycles. The molecular formula is C21H20FN3O2. The van der Waals surface area contributed by atoms with Crippen molar-refractivity contribution in [3.8, 4) is 16.9 Å². The zero-order valence-corrected chi connectivity index (χ0v) is 14.8. The van der Waals surface area contributed by atoms with Crippen LogP contribution in [0, 0.1) is 5.82 Å². The number of primary amides is 1. The number of benzene rings is 3. The van der Waals surface area contributed by atoms with Crippen molar-refractivity contribution in [3.05, 3.63) is 77.6 Å². The first-order chi connectivity index (χ1) is 13.0. The van der Waals surface area contributed by atoms with Crippen molar-refractivity contribution in [3.63, 3.8) is 0 Å². The Labute approximate surface area is 156 Å². The molecule has 3 rings (SSSR count). The highest BCUT2D eigenvalue weighted by molar-refractivity contribution is 5.87. The fraction of sp³-hybridized carbons (Fsp3) is 0.0952. The van der Waals surface area contributed by atoms with Gasteiger partial charge in [0.25, 0.3) is 0 Å². The van der Waals surface area contributed by atoms with Crippen molar-refractivity contribution in [1.29, 1.82) is 0 Å². The van der Waals surface area contributed by atoms with Crippen LogP contribution in [0.15, 0.2) is 60.7 Å². The molecule has 0 radical (unpaired) electrons. The van der Waals surface area contributed by atoms with Crippen LogP contribution in [0.1, 0.15) is 11.1 Å². The van der Waals surface area contributed by atoms with Crippen LogP contribution < -0.4 is 21.5 Å². The number of urea groups is 1. The quantitative estimate of drug-likeness (QED) is 0.593. The summed E-state index contributed by atoms with van der Waals surface area (Å²) in [6, 6.07) is 16.9. The Kier molecular flexibility index (Phi) is 5.26. The van der Waals surface area contributed by atoms with Crippen LogP contribution >= 0.6 is 0 Å². The molecule has 0 atom stereocenters. The lowest BCUT2D eigenvalue weighted by molar-refractivity contribution is 0.259. The number of hydrogen-bond acceptors (Lipinski definition) is 3. The summed E-state index contributed by atoms with van der Waals surface area (Å²) < 4.78 is 20.6. The van der Waals surface area contributed by atoms with Crippen molar-refractivity contribution in [2.75, 3.05) is 18.2 Å². The summed E-state index contributed by atoms with van der Waals surface area (Å²) in [5, 5.41) is 2.49. The SMILES string of the molecule is COc1ccc(Cc2ccc(NC(N)=O)cc2)c(F)c1-c1cccc(N)c1. The Morgan fingerprint density at radius 3 is 2.48 bits per heavy atom. The number of amides is 2. The Balaban J connectivity index is 1.95. The molecule has 138 valence electrons. The van der Waals surface area contributed by atoms with Gasteiger partial charge < -0.3 is 21.5 Å². The van der Waals surface area contributed by atoms with Crippen molar-refractivity contribution in [2.45, 2.75) is 6.42 Å². The van der Waals surface area contributed by atoms with Gasteiger partial charge in [0.15, 0.2) is 0 Å². The summed E-state index contributed by atoms with van der Waals surface area (Å²) in [5.41, 5.74) is 14.5. The Hall–Kier alpha value is -3.54. The predicted octanol–water partition coefficient (Wildman–Crippen LogP) is 4.16. The third-order valence-corrected chi connectivity index (χ3v) is 4.19. The van der Waals surface area contributed by atoms with Crippen LogP contribution in [0.25, 0.3) is 11.1 Å². The largest absolute Gasteiger partial charge is 0.496 e. The van der Waals surface area contributed by atoms with Crippen LogP contribution in [-0.4, -0.2) is 13.1 Å². The lowest BCUT2D eigenvalue weighted by atomic mass is 9.97. The number of halogens is 1. The van der Waals surface area contributed by atoms with E-state index in [0.717, 1.165) is 5.56 Å². The average Bonchev–Trinajstić information content (AvgIpc) is 2.64. The van der Waals surface area contributed by atoms with E-state index in [1.54, 1.807) is 48.5 Å². The van der Waals surface area contributed by atoms with Gasteiger partial charge in [0, 0.05) is 17.8 Å². The van der Waals surface area contributed by atoms with E-state index in [0.29, 0.717) is 40.2 Å². The highest BCUT2D eigenvalue weighted by Gasteiger charge is 2.16. The van der Waals surface area contributed by atoms with Gasteiger partial charge in [-0.2, -0.15) is 0 Å². The molecule has 0 heterocycles. The molecule has 0 fully saturated rings. The topological polar surface area (TPSA) is 90.4 Å². The third kappa shape index (κ3) is 4.17. The number of carbonyl (C=O) groups is 1. The maximum absolute atomic E-state index is 15.3. The monoisotopic (exact) mass is 365 g/mol. The van der Waals surface area contributed by atoms with Gasteiger partial charge in [-0.1, -0.05) is 30.3 Å². The molecule has 0 bridgehead atoms. The molecule has 0 saturated heterocycles. The van der Waals surface area contributed by atoms with E-state index >= 15 is 4.39 Å².